The van der Waals surface area contributed by atoms with Gasteiger partial charge in [0.2, 0.25) is 11.8 Å². The molecule has 0 unspecified atom stereocenters. The van der Waals surface area contributed by atoms with Crippen molar-refractivity contribution in [1.29, 1.82) is 5.26 Å². The number of carbonyl (C=O) groups is 1. The maximum absolute atomic E-state index is 15.0. The number of nitrogens with two attached hydrogens (primary N) is 1. The smallest absolute Gasteiger partial charge is 0.231 e. The van der Waals surface area contributed by atoms with Crippen LogP contribution in [0.1, 0.15) is 49.9 Å². The summed E-state index contributed by atoms with van der Waals surface area (Å²) in [6, 6.07) is 8.12. The second-order valence-corrected chi connectivity index (χ2v) is 8.81. The molecule has 0 radical (unpaired) electrons. The second-order valence-electron chi connectivity index (χ2n) is 8.81. The van der Waals surface area contributed by atoms with Gasteiger partial charge in [0.1, 0.15) is 29.0 Å². The van der Waals surface area contributed by atoms with E-state index >= 15 is 0 Å². The minimum absolute atomic E-state index is 0.0568. The van der Waals surface area contributed by atoms with Crippen molar-refractivity contribution in [3.8, 4) is 17.3 Å². The fourth-order valence-electron chi connectivity index (χ4n) is 3.59. The molecule has 1 aromatic carbocycles. The van der Waals surface area contributed by atoms with Crippen LogP contribution in [0.3, 0.4) is 0 Å². The Hall–Kier alpha value is -3.93. The van der Waals surface area contributed by atoms with Crippen molar-refractivity contribution in [1.82, 2.24) is 14.9 Å². The van der Waals surface area contributed by atoms with E-state index in [0.29, 0.717) is 12.0 Å². The van der Waals surface area contributed by atoms with Crippen molar-refractivity contribution in [2.24, 2.45) is 0 Å². The minimum atomic E-state index is -0.579. The second kappa shape index (κ2) is 8.54. The molecule has 1 aliphatic rings. The van der Waals surface area contributed by atoms with Crippen molar-refractivity contribution in [3.05, 3.63) is 59.1 Å². The van der Waals surface area contributed by atoms with Crippen LogP contribution in [-0.2, 0) is 23.2 Å². The standard InChI is InChI=1S/C24H25FN6O2/c1-14(2)4-6-16-12-21(33-30-16)28-20(32)11-15-5-7-17(19(25)10-15)22-18(13-26)23(27)31(29-22)24(3)8-9-24/h5,7,10,12H,1,4,6,8-9,11,27H2,2-3H3,(H,28,32). The van der Waals surface area contributed by atoms with E-state index in [4.69, 9.17) is 10.3 Å². The lowest BCUT2D eigenvalue weighted by atomic mass is 10.0. The number of aromatic nitrogens is 3. The van der Waals surface area contributed by atoms with Crippen LogP contribution in [0.15, 0.2) is 40.9 Å². The molecule has 33 heavy (non-hydrogen) atoms. The molecule has 0 saturated heterocycles. The van der Waals surface area contributed by atoms with Gasteiger partial charge in [0, 0.05) is 11.6 Å². The summed E-state index contributed by atoms with van der Waals surface area (Å²) >= 11 is 0. The molecule has 9 heteroatoms. The van der Waals surface area contributed by atoms with Gasteiger partial charge in [-0.3, -0.25) is 10.1 Å². The van der Waals surface area contributed by atoms with E-state index in [1.165, 1.54) is 12.1 Å². The summed E-state index contributed by atoms with van der Waals surface area (Å²) in [7, 11) is 0. The third-order valence-electron chi connectivity index (χ3n) is 5.80. The number of nitrogen functional groups attached to an aromatic ring is 1. The maximum Gasteiger partial charge on any atom is 0.231 e. The molecule has 1 fully saturated rings. The SMILES string of the molecule is C=C(C)CCc1cc(NC(=O)Cc2ccc(-c3nn(C4(C)CC4)c(N)c3C#N)c(F)c2)on1. The summed E-state index contributed by atoms with van der Waals surface area (Å²) in [5.41, 5.74) is 8.64. The van der Waals surface area contributed by atoms with Gasteiger partial charge < -0.3 is 10.3 Å². The number of amides is 1. The Morgan fingerprint density at radius 1 is 1.42 bits per heavy atom. The van der Waals surface area contributed by atoms with Crippen molar-refractivity contribution in [2.45, 2.75) is 51.5 Å². The number of nitrogens with zero attached hydrogens (tertiary/aromatic N) is 4. The highest BCUT2D eigenvalue weighted by molar-refractivity contribution is 5.91. The Labute approximate surface area is 190 Å². The largest absolute Gasteiger partial charge is 0.383 e. The van der Waals surface area contributed by atoms with Crippen LogP contribution in [-0.4, -0.2) is 20.8 Å². The third-order valence-corrected chi connectivity index (χ3v) is 5.80. The van der Waals surface area contributed by atoms with Gasteiger partial charge in [0.25, 0.3) is 0 Å². The van der Waals surface area contributed by atoms with Crippen LogP contribution in [0.25, 0.3) is 11.3 Å². The Kier molecular flexibility index (Phi) is 5.77. The zero-order valence-corrected chi connectivity index (χ0v) is 18.6. The van der Waals surface area contributed by atoms with E-state index in [1.54, 1.807) is 16.8 Å². The van der Waals surface area contributed by atoms with E-state index in [2.05, 4.69) is 22.2 Å². The number of carbonyl (C=O) groups excluding carboxylic acids is 1. The van der Waals surface area contributed by atoms with Gasteiger partial charge in [-0.05, 0) is 57.2 Å². The number of allylic oxidation sites excluding steroid dienone is 1. The van der Waals surface area contributed by atoms with Gasteiger partial charge in [-0.2, -0.15) is 10.4 Å². The fourth-order valence-corrected chi connectivity index (χ4v) is 3.59. The number of nitrogens with one attached hydrogen (secondary N) is 1. The summed E-state index contributed by atoms with van der Waals surface area (Å²) in [5, 5.41) is 20.5. The van der Waals surface area contributed by atoms with Crippen LogP contribution in [0.4, 0.5) is 16.1 Å². The Morgan fingerprint density at radius 2 is 2.18 bits per heavy atom. The molecular weight excluding hydrogens is 423 g/mol. The van der Waals surface area contributed by atoms with E-state index < -0.39 is 5.82 Å². The molecule has 1 amide bonds. The predicted octanol–water partition coefficient (Wildman–Crippen LogP) is 4.33. The molecule has 3 N–H and O–H groups in total. The molecule has 2 heterocycles. The van der Waals surface area contributed by atoms with Crippen LogP contribution in [0, 0.1) is 17.1 Å². The highest BCUT2D eigenvalue weighted by Gasteiger charge is 2.43. The zero-order chi connectivity index (χ0) is 23.8. The Morgan fingerprint density at radius 3 is 2.82 bits per heavy atom. The van der Waals surface area contributed by atoms with Gasteiger partial charge in [-0.1, -0.05) is 16.8 Å². The number of rotatable bonds is 8. The van der Waals surface area contributed by atoms with Crippen molar-refractivity contribution < 1.29 is 13.7 Å². The van der Waals surface area contributed by atoms with E-state index in [-0.39, 0.29) is 46.4 Å². The third kappa shape index (κ3) is 4.65. The summed E-state index contributed by atoms with van der Waals surface area (Å²) in [6.45, 7) is 7.78. The van der Waals surface area contributed by atoms with Gasteiger partial charge in [-0.15, -0.1) is 6.58 Å². The first-order valence-electron chi connectivity index (χ1n) is 10.7. The molecule has 0 aliphatic heterocycles. The number of halogens is 1. The summed E-state index contributed by atoms with van der Waals surface area (Å²) in [5.74, 6) is -0.464. The van der Waals surface area contributed by atoms with Crippen molar-refractivity contribution in [2.75, 3.05) is 11.1 Å². The fraction of sp³-hybridized carbons (Fsp3) is 0.333. The Balaban J connectivity index is 1.47. The van der Waals surface area contributed by atoms with E-state index in [9.17, 15) is 14.4 Å². The molecular formula is C24H25FN6O2. The van der Waals surface area contributed by atoms with Gasteiger partial charge in [0.15, 0.2) is 0 Å². The molecule has 170 valence electrons. The summed E-state index contributed by atoms with van der Waals surface area (Å²) in [4.78, 5) is 12.4. The normalized spacial score (nSPS) is 14.0. The highest BCUT2D eigenvalue weighted by Crippen LogP contribution is 2.45. The lowest BCUT2D eigenvalue weighted by Gasteiger charge is -2.10. The van der Waals surface area contributed by atoms with Crippen LogP contribution < -0.4 is 11.1 Å². The minimum Gasteiger partial charge on any atom is -0.383 e. The first-order chi connectivity index (χ1) is 15.7. The molecule has 1 saturated carbocycles. The molecule has 4 rings (SSSR count). The number of aryl methyl sites for hydroxylation is 1. The number of anilines is 2. The first kappa shape index (κ1) is 22.3. The average molecular weight is 449 g/mol. The van der Waals surface area contributed by atoms with E-state index in [0.717, 1.165) is 30.5 Å². The lowest BCUT2D eigenvalue weighted by Crippen LogP contribution is -2.16. The number of hydrogen-bond donors (Lipinski definition) is 2. The van der Waals surface area contributed by atoms with Crippen LogP contribution in [0.2, 0.25) is 0 Å². The van der Waals surface area contributed by atoms with Crippen molar-refractivity contribution in [3.63, 3.8) is 0 Å². The molecule has 3 aromatic rings. The molecule has 0 bridgehead atoms. The number of nitriles is 1. The highest BCUT2D eigenvalue weighted by atomic mass is 19.1. The summed E-state index contributed by atoms with van der Waals surface area (Å²) < 4.78 is 21.7. The average Bonchev–Trinajstić information content (AvgIpc) is 3.19. The van der Waals surface area contributed by atoms with Gasteiger partial charge >= 0.3 is 0 Å². The molecule has 2 aromatic heterocycles. The molecule has 1 aliphatic carbocycles. The quantitative estimate of drug-likeness (QED) is 0.495. The van der Waals surface area contributed by atoms with Gasteiger partial charge in [-0.25, -0.2) is 9.07 Å². The monoisotopic (exact) mass is 448 g/mol. The molecule has 0 spiro atoms. The number of hydrogen-bond acceptors (Lipinski definition) is 6. The van der Waals surface area contributed by atoms with Crippen LogP contribution in [0.5, 0.6) is 0 Å². The Bertz CT molecular complexity index is 1280. The van der Waals surface area contributed by atoms with Crippen LogP contribution >= 0.6 is 0 Å². The topological polar surface area (TPSA) is 123 Å². The zero-order valence-electron chi connectivity index (χ0n) is 18.6. The lowest BCUT2D eigenvalue weighted by molar-refractivity contribution is -0.115. The van der Waals surface area contributed by atoms with Crippen molar-refractivity contribution >= 4 is 17.6 Å². The molecule has 0 atom stereocenters. The first-order valence-corrected chi connectivity index (χ1v) is 10.7. The van der Waals surface area contributed by atoms with E-state index in [1.807, 2.05) is 19.9 Å². The maximum atomic E-state index is 15.0. The summed E-state index contributed by atoms with van der Waals surface area (Å²) in [6.07, 6.45) is 3.20. The molecule has 8 nitrogen and oxygen atoms in total. The van der Waals surface area contributed by atoms with Gasteiger partial charge in [0.05, 0.1) is 17.7 Å². The predicted molar refractivity (Wildman–Crippen MR) is 122 cm³/mol. The number of benzene rings is 1.